The highest BCUT2D eigenvalue weighted by molar-refractivity contribution is 7.92. The lowest BCUT2D eigenvalue weighted by Crippen LogP contribution is -2.15. The number of hydrogen-bond donors (Lipinski definition) is 1. The number of sulfonamides is 1. The lowest BCUT2D eigenvalue weighted by Gasteiger charge is -2.05. The van der Waals surface area contributed by atoms with Crippen LogP contribution < -0.4 is 4.72 Å². The van der Waals surface area contributed by atoms with Crippen LogP contribution >= 0.6 is 11.6 Å². The number of rotatable bonds is 4. The van der Waals surface area contributed by atoms with Crippen LogP contribution in [0.15, 0.2) is 35.5 Å². The molecule has 0 aliphatic carbocycles. The number of fused-ring (bicyclic) bond motifs is 1. The Morgan fingerprint density at radius 3 is 2.82 bits per heavy atom. The van der Waals surface area contributed by atoms with E-state index in [1.54, 1.807) is 34.5 Å². The van der Waals surface area contributed by atoms with Gasteiger partial charge >= 0.3 is 0 Å². The predicted octanol–water partition coefficient (Wildman–Crippen LogP) is 2.24. The number of aryl methyl sites for hydroxylation is 2. The van der Waals surface area contributed by atoms with E-state index in [1.165, 1.54) is 12.4 Å². The monoisotopic (exact) mass is 339 g/mol. The highest BCUT2D eigenvalue weighted by atomic mass is 35.5. The Bertz CT molecular complexity index is 945. The third-order valence-electron chi connectivity index (χ3n) is 3.31. The molecule has 9 heteroatoms. The molecule has 116 valence electrons. The summed E-state index contributed by atoms with van der Waals surface area (Å²) in [6.45, 7) is 2.48. The number of hydrogen-bond acceptors (Lipinski definition) is 4. The number of benzene rings is 1. The maximum atomic E-state index is 12.4. The lowest BCUT2D eigenvalue weighted by molar-refractivity contribution is 0.600. The molecule has 3 rings (SSSR count). The fourth-order valence-electron chi connectivity index (χ4n) is 2.10. The topological polar surface area (TPSA) is 81.8 Å². The average molecular weight is 340 g/mol. The second-order valence-electron chi connectivity index (χ2n) is 4.76. The molecule has 2 aromatic heterocycles. The summed E-state index contributed by atoms with van der Waals surface area (Å²) in [4.78, 5) is 4.37. The highest BCUT2D eigenvalue weighted by Gasteiger charge is 2.20. The van der Waals surface area contributed by atoms with Gasteiger partial charge in [-0.1, -0.05) is 11.6 Å². The van der Waals surface area contributed by atoms with Gasteiger partial charge in [-0.2, -0.15) is 5.10 Å². The minimum absolute atomic E-state index is 0.0967. The van der Waals surface area contributed by atoms with Gasteiger partial charge in [0, 0.05) is 24.8 Å². The largest absolute Gasteiger partial charge is 0.313 e. The molecule has 0 radical (unpaired) electrons. The zero-order valence-corrected chi connectivity index (χ0v) is 13.6. The van der Waals surface area contributed by atoms with Crippen molar-refractivity contribution in [1.29, 1.82) is 0 Å². The van der Waals surface area contributed by atoms with E-state index >= 15 is 0 Å². The number of nitrogens with one attached hydrogen (secondary N) is 1. The van der Waals surface area contributed by atoms with E-state index in [4.69, 9.17) is 11.6 Å². The van der Waals surface area contributed by atoms with Crippen molar-refractivity contribution < 1.29 is 8.42 Å². The molecular formula is C13H14ClN5O2S. The smallest absolute Gasteiger partial charge is 0.267 e. The summed E-state index contributed by atoms with van der Waals surface area (Å²) in [5, 5.41) is 4.52. The maximum Gasteiger partial charge on any atom is 0.267 e. The molecule has 0 spiro atoms. The second kappa shape index (κ2) is 5.29. The van der Waals surface area contributed by atoms with Crippen LogP contribution in [0.3, 0.4) is 0 Å². The van der Waals surface area contributed by atoms with Crippen LogP contribution in [0.1, 0.15) is 6.92 Å². The molecule has 1 N–H and O–H groups in total. The van der Waals surface area contributed by atoms with Crippen LogP contribution in [-0.2, 0) is 23.6 Å². The van der Waals surface area contributed by atoms with Gasteiger partial charge in [-0.05, 0) is 25.1 Å². The van der Waals surface area contributed by atoms with E-state index in [9.17, 15) is 8.42 Å². The van der Waals surface area contributed by atoms with Crippen molar-refractivity contribution in [2.75, 3.05) is 4.72 Å². The zero-order chi connectivity index (χ0) is 15.9. The van der Waals surface area contributed by atoms with E-state index in [-0.39, 0.29) is 10.8 Å². The van der Waals surface area contributed by atoms with Crippen molar-refractivity contribution in [2.24, 2.45) is 7.05 Å². The van der Waals surface area contributed by atoms with E-state index < -0.39 is 10.0 Å². The molecule has 0 bridgehead atoms. The lowest BCUT2D eigenvalue weighted by atomic mass is 10.3. The summed E-state index contributed by atoms with van der Waals surface area (Å²) in [5.74, 6) is 0.224. The van der Waals surface area contributed by atoms with Gasteiger partial charge in [0.1, 0.15) is 4.90 Å². The number of aromatic nitrogens is 4. The molecule has 3 aromatic rings. The van der Waals surface area contributed by atoms with Crippen molar-refractivity contribution in [1.82, 2.24) is 19.3 Å². The number of anilines is 1. The highest BCUT2D eigenvalue weighted by Crippen LogP contribution is 2.23. The molecule has 0 aliphatic heterocycles. The van der Waals surface area contributed by atoms with Gasteiger partial charge in [0.15, 0.2) is 0 Å². The minimum atomic E-state index is -3.73. The molecule has 0 unspecified atom stereocenters. The summed E-state index contributed by atoms with van der Waals surface area (Å²) in [5.41, 5.74) is 1.41. The summed E-state index contributed by atoms with van der Waals surface area (Å²) >= 11 is 5.93. The summed E-state index contributed by atoms with van der Waals surface area (Å²) in [6.07, 6.45) is 2.78. The fourth-order valence-corrected chi connectivity index (χ4v) is 3.25. The van der Waals surface area contributed by atoms with Crippen molar-refractivity contribution >= 4 is 38.6 Å². The van der Waals surface area contributed by atoms with Gasteiger partial charge in [0.2, 0.25) is 5.95 Å². The zero-order valence-electron chi connectivity index (χ0n) is 12.0. The van der Waals surface area contributed by atoms with E-state index in [0.717, 1.165) is 5.52 Å². The van der Waals surface area contributed by atoms with Crippen molar-refractivity contribution in [3.05, 3.63) is 35.6 Å². The van der Waals surface area contributed by atoms with Crippen LogP contribution in [0, 0.1) is 0 Å². The molecule has 0 fully saturated rings. The molecule has 7 nitrogen and oxygen atoms in total. The van der Waals surface area contributed by atoms with Gasteiger partial charge in [-0.15, -0.1) is 0 Å². The van der Waals surface area contributed by atoms with Gasteiger partial charge in [-0.25, -0.2) is 18.1 Å². The molecule has 0 saturated carbocycles. The SMILES string of the molecule is CCn1cc(S(=O)(=O)Nc2nc3cc(Cl)ccc3n2C)cn1. The Morgan fingerprint density at radius 2 is 2.14 bits per heavy atom. The van der Waals surface area contributed by atoms with E-state index in [1.807, 2.05) is 6.92 Å². The first-order valence-corrected chi connectivity index (χ1v) is 8.44. The summed E-state index contributed by atoms with van der Waals surface area (Å²) in [6, 6.07) is 5.20. The maximum absolute atomic E-state index is 12.4. The van der Waals surface area contributed by atoms with Crippen molar-refractivity contribution in [3.63, 3.8) is 0 Å². The van der Waals surface area contributed by atoms with E-state index in [0.29, 0.717) is 17.1 Å². The number of nitrogens with zero attached hydrogens (tertiary/aromatic N) is 4. The van der Waals surface area contributed by atoms with E-state index in [2.05, 4.69) is 14.8 Å². The Hall–Kier alpha value is -2.06. The molecule has 0 saturated heterocycles. The Balaban J connectivity index is 2.00. The third kappa shape index (κ3) is 2.55. The average Bonchev–Trinajstić information content (AvgIpc) is 3.05. The molecular weight excluding hydrogens is 326 g/mol. The first kappa shape index (κ1) is 14.9. The molecule has 0 atom stereocenters. The third-order valence-corrected chi connectivity index (χ3v) is 4.83. The number of halogens is 1. The second-order valence-corrected chi connectivity index (χ2v) is 6.88. The number of imidazole rings is 1. The van der Waals surface area contributed by atoms with Gasteiger partial charge in [-0.3, -0.25) is 4.68 Å². The molecule has 0 amide bonds. The Kier molecular flexibility index (Phi) is 3.57. The van der Waals surface area contributed by atoms with Crippen LogP contribution in [0.25, 0.3) is 11.0 Å². The molecule has 0 aliphatic rings. The van der Waals surface area contributed by atoms with Gasteiger partial charge < -0.3 is 4.57 Å². The quantitative estimate of drug-likeness (QED) is 0.790. The molecule has 22 heavy (non-hydrogen) atoms. The predicted molar refractivity (Wildman–Crippen MR) is 84.4 cm³/mol. The molecule has 1 aromatic carbocycles. The summed E-state index contributed by atoms with van der Waals surface area (Å²) in [7, 11) is -2.00. The minimum Gasteiger partial charge on any atom is -0.313 e. The van der Waals surface area contributed by atoms with Gasteiger partial charge in [0.25, 0.3) is 10.0 Å². The van der Waals surface area contributed by atoms with Crippen LogP contribution in [0.4, 0.5) is 5.95 Å². The summed E-state index contributed by atoms with van der Waals surface area (Å²) < 4.78 is 30.4. The van der Waals surface area contributed by atoms with Crippen LogP contribution in [0.5, 0.6) is 0 Å². The molecule has 2 heterocycles. The Labute approximate surface area is 132 Å². The van der Waals surface area contributed by atoms with Crippen LogP contribution in [-0.4, -0.2) is 27.7 Å². The van der Waals surface area contributed by atoms with Crippen molar-refractivity contribution in [3.8, 4) is 0 Å². The van der Waals surface area contributed by atoms with Gasteiger partial charge in [0.05, 0.1) is 17.2 Å². The Morgan fingerprint density at radius 1 is 1.36 bits per heavy atom. The normalized spacial score (nSPS) is 12.0. The first-order chi connectivity index (χ1) is 10.4. The fraction of sp³-hybridized carbons (Fsp3) is 0.231. The van der Waals surface area contributed by atoms with Crippen molar-refractivity contribution in [2.45, 2.75) is 18.4 Å². The van der Waals surface area contributed by atoms with Crippen LogP contribution in [0.2, 0.25) is 5.02 Å². The standard InChI is InChI=1S/C13H14ClN5O2S/c1-3-19-8-10(7-15-19)22(20,21)17-13-16-11-6-9(14)4-5-12(11)18(13)2/h4-8H,3H2,1-2H3,(H,16,17). The first-order valence-electron chi connectivity index (χ1n) is 6.58.